The first kappa shape index (κ1) is 31.2. The second-order valence-electron chi connectivity index (χ2n) is 10.4. The minimum absolute atomic E-state index is 0.0350. The zero-order chi connectivity index (χ0) is 29.2. The van der Waals surface area contributed by atoms with Crippen molar-refractivity contribution in [3.8, 4) is 5.75 Å². The summed E-state index contributed by atoms with van der Waals surface area (Å²) in [4.78, 5) is 0. The minimum atomic E-state index is -3.34. The second-order valence-corrected chi connectivity index (χ2v) is 10.4. The lowest BCUT2D eigenvalue weighted by molar-refractivity contribution is -0.227. The zero-order valence-electron chi connectivity index (χ0n) is 23.3. The second kappa shape index (κ2) is 15.5. The molecule has 0 amide bonds. The molecule has 0 bridgehead atoms. The highest BCUT2D eigenvalue weighted by atomic mass is 19.3. The van der Waals surface area contributed by atoms with E-state index in [1.54, 1.807) is 12.1 Å². The molecule has 0 atom stereocenters. The SMILES string of the molecule is CCCCCCCOC1COC(CCc2ccc3c(F)c(CCc4cc(F)c(OC(F)F)c(F)c4)ccc3c2)OC1. The number of aryl methyl sites for hydroxylation is 3. The maximum absolute atomic E-state index is 15.2. The highest BCUT2D eigenvalue weighted by Crippen LogP contribution is 2.28. The zero-order valence-corrected chi connectivity index (χ0v) is 23.3. The number of alkyl halides is 2. The van der Waals surface area contributed by atoms with Crippen LogP contribution in [0.5, 0.6) is 5.75 Å². The molecule has 3 aromatic carbocycles. The Morgan fingerprint density at radius 3 is 2.27 bits per heavy atom. The fourth-order valence-electron chi connectivity index (χ4n) is 5.00. The number of fused-ring (bicyclic) bond motifs is 1. The van der Waals surface area contributed by atoms with Gasteiger partial charge in [-0.2, -0.15) is 8.78 Å². The van der Waals surface area contributed by atoms with Crippen LogP contribution in [-0.2, 0) is 33.5 Å². The van der Waals surface area contributed by atoms with Gasteiger partial charge in [-0.15, -0.1) is 0 Å². The Labute approximate surface area is 237 Å². The van der Waals surface area contributed by atoms with Crippen LogP contribution in [0.3, 0.4) is 0 Å². The van der Waals surface area contributed by atoms with Gasteiger partial charge in [0.05, 0.1) is 13.2 Å². The topological polar surface area (TPSA) is 36.9 Å². The van der Waals surface area contributed by atoms with Crippen LogP contribution in [0.25, 0.3) is 10.8 Å². The number of hydrogen-bond donors (Lipinski definition) is 0. The summed E-state index contributed by atoms with van der Waals surface area (Å²) < 4.78 is 89.4. The van der Waals surface area contributed by atoms with Gasteiger partial charge in [0.25, 0.3) is 0 Å². The molecule has 0 spiro atoms. The summed E-state index contributed by atoms with van der Waals surface area (Å²) in [6.45, 7) is 0.609. The standard InChI is InChI=1S/C32H37F5O4/c1-2-3-4-5-6-15-38-25-19-39-29(40-20-25)14-9-21-8-13-26-24(16-21)12-11-23(30(26)35)10-7-22-17-27(33)31(28(34)18-22)41-32(36)37/h8,11-13,16-18,25,29,32H,2-7,9-10,14-15,19-20H2,1H3. The Bertz CT molecular complexity index is 1240. The molecule has 3 aromatic rings. The van der Waals surface area contributed by atoms with Crippen molar-refractivity contribution in [2.24, 2.45) is 0 Å². The smallest absolute Gasteiger partial charge is 0.387 e. The Morgan fingerprint density at radius 1 is 0.829 bits per heavy atom. The quantitative estimate of drug-likeness (QED) is 0.134. The molecule has 0 unspecified atom stereocenters. The normalized spacial score (nSPS) is 17.4. The Morgan fingerprint density at radius 2 is 1.56 bits per heavy atom. The Kier molecular flexibility index (Phi) is 11.8. The van der Waals surface area contributed by atoms with Crippen molar-refractivity contribution in [1.82, 2.24) is 0 Å². The number of rotatable bonds is 15. The highest BCUT2D eigenvalue weighted by molar-refractivity contribution is 5.84. The average molecular weight is 581 g/mol. The molecule has 41 heavy (non-hydrogen) atoms. The summed E-state index contributed by atoms with van der Waals surface area (Å²) in [6, 6.07) is 10.8. The van der Waals surface area contributed by atoms with E-state index in [9.17, 15) is 17.6 Å². The molecule has 1 saturated heterocycles. The third-order valence-corrected chi connectivity index (χ3v) is 7.25. The highest BCUT2D eigenvalue weighted by Gasteiger charge is 2.23. The molecule has 0 saturated carbocycles. The summed E-state index contributed by atoms with van der Waals surface area (Å²) in [5.74, 6) is -3.97. The first-order valence-electron chi connectivity index (χ1n) is 14.3. The van der Waals surface area contributed by atoms with E-state index in [-0.39, 0.29) is 30.8 Å². The maximum atomic E-state index is 15.2. The van der Waals surface area contributed by atoms with Gasteiger partial charge in [-0.05, 0) is 59.9 Å². The van der Waals surface area contributed by atoms with Crippen molar-refractivity contribution in [2.75, 3.05) is 19.8 Å². The minimum Gasteiger partial charge on any atom is -0.429 e. The Hall–Kier alpha value is -2.75. The van der Waals surface area contributed by atoms with E-state index < -0.39 is 29.8 Å². The molecule has 0 aromatic heterocycles. The van der Waals surface area contributed by atoms with Crippen LogP contribution in [0, 0.1) is 17.5 Å². The van der Waals surface area contributed by atoms with Gasteiger partial charge >= 0.3 is 6.61 Å². The van der Waals surface area contributed by atoms with E-state index in [1.807, 2.05) is 18.2 Å². The maximum Gasteiger partial charge on any atom is 0.387 e. The predicted molar refractivity (Wildman–Crippen MR) is 147 cm³/mol. The van der Waals surface area contributed by atoms with Gasteiger partial charge in [-0.3, -0.25) is 0 Å². The molecule has 9 heteroatoms. The van der Waals surface area contributed by atoms with Crippen LogP contribution >= 0.6 is 0 Å². The molecule has 1 fully saturated rings. The van der Waals surface area contributed by atoms with Gasteiger partial charge in [0, 0.05) is 18.4 Å². The fraction of sp³-hybridized carbons (Fsp3) is 0.500. The third-order valence-electron chi connectivity index (χ3n) is 7.25. The number of unbranched alkanes of at least 4 members (excludes halogenated alkanes) is 4. The van der Waals surface area contributed by atoms with Crippen molar-refractivity contribution in [2.45, 2.75) is 83.7 Å². The van der Waals surface area contributed by atoms with Crippen LogP contribution in [0.1, 0.15) is 62.1 Å². The summed E-state index contributed by atoms with van der Waals surface area (Å²) in [5, 5.41) is 1.19. The number of hydrogen-bond acceptors (Lipinski definition) is 4. The largest absolute Gasteiger partial charge is 0.429 e. The monoisotopic (exact) mass is 580 g/mol. The lowest BCUT2D eigenvalue weighted by Crippen LogP contribution is -2.37. The first-order valence-corrected chi connectivity index (χ1v) is 14.3. The predicted octanol–water partition coefficient (Wildman–Crippen LogP) is 8.30. The molecule has 0 N–H and O–H groups in total. The number of ether oxygens (including phenoxy) is 4. The summed E-state index contributed by atoms with van der Waals surface area (Å²) >= 11 is 0. The lowest BCUT2D eigenvalue weighted by atomic mass is 9.98. The average Bonchev–Trinajstić information content (AvgIpc) is 2.96. The molecule has 0 aliphatic carbocycles. The molecule has 1 heterocycles. The van der Waals surface area contributed by atoms with Crippen molar-refractivity contribution < 1.29 is 40.9 Å². The number of benzene rings is 3. The molecule has 4 nitrogen and oxygen atoms in total. The van der Waals surface area contributed by atoms with E-state index in [0.29, 0.717) is 37.0 Å². The van der Waals surface area contributed by atoms with Gasteiger partial charge in [0.2, 0.25) is 0 Å². The molecule has 4 rings (SSSR count). The van der Waals surface area contributed by atoms with Crippen molar-refractivity contribution >= 4 is 10.8 Å². The molecule has 1 aliphatic rings. The Balaban J connectivity index is 1.25. The van der Waals surface area contributed by atoms with Crippen molar-refractivity contribution in [3.05, 3.63) is 76.6 Å². The summed E-state index contributed by atoms with van der Waals surface area (Å²) in [6.07, 6.45) is 7.30. The van der Waals surface area contributed by atoms with Gasteiger partial charge in [-0.1, -0.05) is 62.9 Å². The number of halogens is 5. The third kappa shape index (κ3) is 9.12. The fourth-order valence-corrected chi connectivity index (χ4v) is 5.00. The van der Waals surface area contributed by atoms with E-state index >= 15 is 4.39 Å². The molecule has 1 aliphatic heterocycles. The van der Waals surface area contributed by atoms with Gasteiger partial charge in [-0.25, -0.2) is 13.2 Å². The van der Waals surface area contributed by atoms with Crippen molar-refractivity contribution in [3.63, 3.8) is 0 Å². The van der Waals surface area contributed by atoms with E-state index in [4.69, 9.17) is 14.2 Å². The van der Waals surface area contributed by atoms with Crippen LogP contribution in [0.4, 0.5) is 22.0 Å². The molecule has 224 valence electrons. The first-order chi connectivity index (χ1) is 19.8. The van der Waals surface area contributed by atoms with Crippen molar-refractivity contribution in [1.29, 1.82) is 0 Å². The van der Waals surface area contributed by atoms with E-state index in [2.05, 4.69) is 11.7 Å². The summed E-state index contributed by atoms with van der Waals surface area (Å²) in [5.41, 5.74) is 1.63. The molecule has 0 radical (unpaired) electrons. The van der Waals surface area contributed by atoms with E-state index in [1.165, 1.54) is 25.7 Å². The lowest BCUT2D eigenvalue weighted by Gasteiger charge is -2.29. The van der Waals surface area contributed by atoms with E-state index in [0.717, 1.165) is 36.1 Å². The molecular weight excluding hydrogens is 543 g/mol. The van der Waals surface area contributed by atoms with Gasteiger partial charge in [0.15, 0.2) is 23.7 Å². The van der Waals surface area contributed by atoms with Crippen LogP contribution < -0.4 is 4.74 Å². The van der Waals surface area contributed by atoms with Crippen LogP contribution in [0.15, 0.2) is 42.5 Å². The van der Waals surface area contributed by atoms with Gasteiger partial charge < -0.3 is 18.9 Å². The van der Waals surface area contributed by atoms with Gasteiger partial charge in [0.1, 0.15) is 11.9 Å². The summed E-state index contributed by atoms with van der Waals surface area (Å²) in [7, 11) is 0. The molecular formula is C32H37F5O4. The van der Waals surface area contributed by atoms with Crippen LogP contribution in [0.2, 0.25) is 0 Å². The van der Waals surface area contributed by atoms with Crippen LogP contribution in [-0.4, -0.2) is 38.8 Å².